The average molecular weight is 197 g/mol. The smallest absolute Gasteiger partial charge is 0.330 e. The summed E-state index contributed by atoms with van der Waals surface area (Å²) < 4.78 is 36.4. The first kappa shape index (κ1) is 12.8. The van der Waals surface area contributed by atoms with Crippen molar-refractivity contribution in [2.24, 2.45) is 17.1 Å². The molecule has 0 aliphatic heterocycles. The Morgan fingerprint density at radius 1 is 1.15 bits per heavy atom. The predicted molar refractivity (Wildman–Crippen MR) is 47.3 cm³/mol. The highest BCUT2D eigenvalue weighted by Crippen LogP contribution is 2.37. The van der Waals surface area contributed by atoms with E-state index in [0.29, 0.717) is 13.0 Å². The van der Waals surface area contributed by atoms with Gasteiger partial charge in [0.2, 0.25) is 0 Å². The molecule has 80 valence electrons. The summed E-state index contributed by atoms with van der Waals surface area (Å²) >= 11 is 0. The molecule has 13 heavy (non-hydrogen) atoms. The summed E-state index contributed by atoms with van der Waals surface area (Å²) in [6.45, 7) is 5.77. The van der Waals surface area contributed by atoms with Gasteiger partial charge in [0, 0.05) is 6.42 Å². The van der Waals surface area contributed by atoms with E-state index in [2.05, 4.69) is 0 Å². The van der Waals surface area contributed by atoms with Gasteiger partial charge >= 0.3 is 6.18 Å². The molecule has 2 N–H and O–H groups in total. The van der Waals surface area contributed by atoms with Crippen molar-refractivity contribution in [2.75, 3.05) is 6.54 Å². The van der Waals surface area contributed by atoms with E-state index in [1.807, 2.05) is 20.8 Å². The molecule has 1 atom stereocenters. The Kier molecular flexibility index (Phi) is 4.23. The maximum atomic E-state index is 12.1. The molecule has 0 aliphatic carbocycles. The van der Waals surface area contributed by atoms with Gasteiger partial charge in [0.15, 0.2) is 0 Å². The maximum absolute atomic E-state index is 12.1. The first-order chi connectivity index (χ1) is 5.67. The number of hydrogen-bond donors (Lipinski definition) is 1. The molecule has 0 aromatic heterocycles. The molecule has 0 fully saturated rings. The zero-order valence-corrected chi connectivity index (χ0v) is 8.41. The van der Waals surface area contributed by atoms with Gasteiger partial charge < -0.3 is 5.73 Å². The van der Waals surface area contributed by atoms with Gasteiger partial charge in [-0.05, 0) is 24.3 Å². The van der Waals surface area contributed by atoms with Crippen LogP contribution in [0.25, 0.3) is 0 Å². The molecule has 0 spiro atoms. The molecule has 1 unspecified atom stereocenters. The van der Waals surface area contributed by atoms with E-state index >= 15 is 0 Å². The van der Waals surface area contributed by atoms with E-state index < -0.39 is 12.6 Å². The quantitative estimate of drug-likeness (QED) is 0.739. The molecule has 0 heterocycles. The highest BCUT2D eigenvalue weighted by atomic mass is 19.4. The van der Waals surface area contributed by atoms with Crippen LogP contribution < -0.4 is 5.73 Å². The van der Waals surface area contributed by atoms with Gasteiger partial charge in [-0.2, -0.15) is 13.2 Å². The molecule has 0 radical (unpaired) electrons. The Bertz CT molecular complexity index is 146. The summed E-state index contributed by atoms with van der Waals surface area (Å²) in [5, 5.41) is 0. The Labute approximate surface area is 77.5 Å². The van der Waals surface area contributed by atoms with Gasteiger partial charge in [0.1, 0.15) is 0 Å². The van der Waals surface area contributed by atoms with Crippen molar-refractivity contribution in [3.05, 3.63) is 0 Å². The van der Waals surface area contributed by atoms with Gasteiger partial charge in [0.25, 0.3) is 0 Å². The topological polar surface area (TPSA) is 26.0 Å². The average Bonchev–Trinajstić information content (AvgIpc) is 1.81. The predicted octanol–water partition coefficient (Wildman–Crippen LogP) is 2.95. The summed E-state index contributed by atoms with van der Waals surface area (Å²) in [5.74, 6) is -0.377. The number of hydrogen-bond acceptors (Lipinski definition) is 1. The van der Waals surface area contributed by atoms with Crippen LogP contribution in [0, 0.1) is 11.3 Å². The fourth-order valence-electron chi connectivity index (χ4n) is 1.32. The largest absolute Gasteiger partial charge is 0.389 e. The Morgan fingerprint density at radius 3 is 1.85 bits per heavy atom. The molecule has 0 saturated heterocycles. The van der Waals surface area contributed by atoms with Crippen LogP contribution in [-0.2, 0) is 0 Å². The molecule has 0 amide bonds. The van der Waals surface area contributed by atoms with Crippen molar-refractivity contribution in [1.82, 2.24) is 0 Å². The monoisotopic (exact) mass is 197 g/mol. The number of alkyl halides is 3. The Balaban J connectivity index is 4.27. The summed E-state index contributed by atoms with van der Waals surface area (Å²) in [6, 6.07) is 0. The molecular weight excluding hydrogens is 179 g/mol. The minimum Gasteiger partial charge on any atom is -0.330 e. The SMILES string of the molecule is CC(C)(C)C(CCN)CC(F)(F)F. The second kappa shape index (κ2) is 4.31. The Morgan fingerprint density at radius 2 is 1.62 bits per heavy atom. The maximum Gasteiger partial charge on any atom is 0.389 e. The van der Waals surface area contributed by atoms with Crippen LogP contribution >= 0.6 is 0 Å². The fraction of sp³-hybridized carbons (Fsp3) is 1.00. The molecule has 0 saturated carbocycles. The molecule has 1 nitrogen and oxygen atoms in total. The normalized spacial score (nSPS) is 15.9. The third kappa shape index (κ3) is 5.91. The van der Waals surface area contributed by atoms with Gasteiger partial charge in [-0.3, -0.25) is 0 Å². The van der Waals surface area contributed by atoms with E-state index in [1.165, 1.54) is 0 Å². The molecule has 0 rings (SSSR count). The third-order valence-electron chi connectivity index (χ3n) is 2.22. The zero-order valence-electron chi connectivity index (χ0n) is 8.41. The van der Waals surface area contributed by atoms with Crippen LogP contribution in [0.2, 0.25) is 0 Å². The lowest BCUT2D eigenvalue weighted by Crippen LogP contribution is -2.28. The van der Waals surface area contributed by atoms with Gasteiger partial charge in [-0.15, -0.1) is 0 Å². The van der Waals surface area contributed by atoms with Crippen molar-refractivity contribution in [3.8, 4) is 0 Å². The van der Waals surface area contributed by atoms with E-state index in [1.54, 1.807) is 0 Å². The summed E-state index contributed by atoms with van der Waals surface area (Å²) in [7, 11) is 0. The fourth-order valence-corrected chi connectivity index (χ4v) is 1.32. The van der Waals surface area contributed by atoms with Crippen molar-refractivity contribution < 1.29 is 13.2 Å². The van der Waals surface area contributed by atoms with Crippen molar-refractivity contribution in [1.29, 1.82) is 0 Å². The van der Waals surface area contributed by atoms with Crippen LogP contribution in [0.3, 0.4) is 0 Å². The number of halogens is 3. The van der Waals surface area contributed by atoms with Crippen molar-refractivity contribution in [3.63, 3.8) is 0 Å². The second-order valence-electron chi connectivity index (χ2n) is 4.46. The van der Waals surface area contributed by atoms with E-state index in [9.17, 15) is 13.2 Å². The molecule has 0 aliphatic rings. The van der Waals surface area contributed by atoms with Gasteiger partial charge in [0.05, 0.1) is 0 Å². The van der Waals surface area contributed by atoms with Crippen LogP contribution in [0.1, 0.15) is 33.6 Å². The molecule has 4 heteroatoms. The highest BCUT2D eigenvalue weighted by molar-refractivity contribution is 4.76. The molecule has 0 bridgehead atoms. The summed E-state index contributed by atoms with van der Waals surface area (Å²) in [4.78, 5) is 0. The first-order valence-corrected chi connectivity index (χ1v) is 4.43. The zero-order chi connectivity index (χ0) is 10.7. The van der Waals surface area contributed by atoms with Crippen LogP contribution in [-0.4, -0.2) is 12.7 Å². The molecular formula is C9H18F3N. The van der Waals surface area contributed by atoms with Crippen LogP contribution in [0.4, 0.5) is 13.2 Å². The van der Waals surface area contributed by atoms with Crippen molar-refractivity contribution in [2.45, 2.75) is 39.8 Å². The second-order valence-corrected chi connectivity index (χ2v) is 4.46. The molecule has 0 aromatic carbocycles. The summed E-state index contributed by atoms with van der Waals surface area (Å²) in [5.41, 5.74) is 4.95. The Hall–Kier alpha value is -0.250. The van der Waals surface area contributed by atoms with Crippen LogP contribution in [0.5, 0.6) is 0 Å². The van der Waals surface area contributed by atoms with E-state index in [4.69, 9.17) is 5.73 Å². The lowest BCUT2D eigenvalue weighted by Gasteiger charge is -2.31. The number of rotatable bonds is 3. The van der Waals surface area contributed by atoms with Crippen LogP contribution in [0.15, 0.2) is 0 Å². The minimum absolute atomic E-state index is 0.317. The lowest BCUT2D eigenvalue weighted by molar-refractivity contribution is -0.152. The minimum atomic E-state index is -4.08. The third-order valence-corrected chi connectivity index (χ3v) is 2.22. The van der Waals surface area contributed by atoms with Gasteiger partial charge in [-0.1, -0.05) is 20.8 Å². The number of nitrogens with two attached hydrogens (primary N) is 1. The van der Waals surface area contributed by atoms with Crippen molar-refractivity contribution >= 4 is 0 Å². The van der Waals surface area contributed by atoms with E-state index in [-0.39, 0.29) is 11.3 Å². The van der Waals surface area contributed by atoms with E-state index in [0.717, 1.165) is 0 Å². The van der Waals surface area contributed by atoms with Gasteiger partial charge in [-0.25, -0.2) is 0 Å². The molecule has 0 aromatic rings. The standard InChI is InChI=1S/C9H18F3N/c1-8(2,3)7(4-5-13)6-9(10,11)12/h7H,4-6,13H2,1-3H3. The first-order valence-electron chi connectivity index (χ1n) is 4.43. The summed E-state index contributed by atoms with van der Waals surface area (Å²) in [6.07, 6.45) is -4.37. The highest BCUT2D eigenvalue weighted by Gasteiger charge is 2.36. The lowest BCUT2D eigenvalue weighted by atomic mass is 9.77.